The van der Waals surface area contributed by atoms with Crippen LogP contribution in [0.5, 0.6) is 0 Å². The number of benzene rings is 1. The van der Waals surface area contributed by atoms with Gasteiger partial charge in [0.15, 0.2) is 0 Å². The molecule has 0 aliphatic rings. The molecule has 0 aliphatic carbocycles. The molecule has 1 aromatic heterocycles. The van der Waals surface area contributed by atoms with E-state index in [1.54, 1.807) is 26.0 Å². The summed E-state index contributed by atoms with van der Waals surface area (Å²) in [7, 11) is 0. The van der Waals surface area contributed by atoms with E-state index in [9.17, 15) is 9.18 Å². The van der Waals surface area contributed by atoms with E-state index >= 15 is 0 Å². The van der Waals surface area contributed by atoms with Crippen molar-refractivity contribution >= 4 is 29.1 Å². The zero-order valence-electron chi connectivity index (χ0n) is 11.5. The molecule has 0 spiro atoms. The Hall–Kier alpha value is -1.65. The lowest BCUT2D eigenvalue weighted by molar-refractivity contribution is 0.0939. The highest BCUT2D eigenvalue weighted by Crippen LogP contribution is 2.21. The third kappa shape index (κ3) is 3.71. The number of rotatable bonds is 3. The summed E-state index contributed by atoms with van der Waals surface area (Å²) in [5.74, 6) is -0.653. The van der Waals surface area contributed by atoms with E-state index in [2.05, 4.69) is 10.3 Å². The zero-order chi connectivity index (χ0) is 15.6. The van der Waals surface area contributed by atoms with E-state index in [1.165, 1.54) is 18.3 Å². The van der Waals surface area contributed by atoms with Crippen LogP contribution in [0.2, 0.25) is 10.2 Å². The Labute approximate surface area is 132 Å². The highest BCUT2D eigenvalue weighted by Gasteiger charge is 2.14. The quantitative estimate of drug-likeness (QED) is 0.853. The molecule has 21 heavy (non-hydrogen) atoms. The van der Waals surface area contributed by atoms with Crippen molar-refractivity contribution in [3.63, 3.8) is 0 Å². The minimum atomic E-state index is -0.352. The fourth-order valence-electron chi connectivity index (χ4n) is 1.79. The third-order valence-electron chi connectivity index (χ3n) is 3.10. The van der Waals surface area contributed by atoms with E-state index in [1.807, 2.05) is 0 Å². The maximum absolute atomic E-state index is 13.5. The molecule has 3 nitrogen and oxygen atoms in total. The summed E-state index contributed by atoms with van der Waals surface area (Å²) in [4.78, 5) is 15.9. The van der Waals surface area contributed by atoms with Crippen LogP contribution in [0.3, 0.4) is 0 Å². The molecule has 0 saturated heterocycles. The molecule has 0 bridgehead atoms. The number of hydrogen-bond donors (Lipinski definition) is 1. The van der Waals surface area contributed by atoms with Crippen LogP contribution < -0.4 is 5.32 Å². The number of halogens is 3. The second-order valence-corrected chi connectivity index (χ2v) is 5.47. The Morgan fingerprint density at radius 3 is 2.67 bits per heavy atom. The van der Waals surface area contributed by atoms with Gasteiger partial charge < -0.3 is 5.32 Å². The second-order valence-electron chi connectivity index (χ2n) is 4.70. The topological polar surface area (TPSA) is 42.0 Å². The molecule has 1 N–H and O–H groups in total. The van der Waals surface area contributed by atoms with Gasteiger partial charge in [-0.15, -0.1) is 0 Å². The lowest BCUT2D eigenvalue weighted by Gasteiger charge is -2.15. The van der Waals surface area contributed by atoms with E-state index < -0.39 is 0 Å². The number of aryl methyl sites for hydroxylation is 1. The maximum atomic E-state index is 13.5. The highest BCUT2D eigenvalue weighted by molar-refractivity contribution is 6.41. The van der Waals surface area contributed by atoms with Crippen LogP contribution in [0.4, 0.5) is 4.39 Å². The van der Waals surface area contributed by atoms with Gasteiger partial charge in [-0.25, -0.2) is 9.37 Å². The normalized spacial score (nSPS) is 12.0. The van der Waals surface area contributed by atoms with Gasteiger partial charge in [0.1, 0.15) is 11.0 Å². The molecule has 6 heteroatoms. The summed E-state index contributed by atoms with van der Waals surface area (Å²) in [5.41, 5.74) is 1.54. The highest BCUT2D eigenvalue weighted by atomic mass is 35.5. The number of hydrogen-bond acceptors (Lipinski definition) is 2. The average molecular weight is 327 g/mol. The molecule has 1 atom stereocenters. The summed E-state index contributed by atoms with van der Waals surface area (Å²) in [6, 6.07) is 5.95. The van der Waals surface area contributed by atoms with Gasteiger partial charge in [0, 0.05) is 6.20 Å². The smallest absolute Gasteiger partial charge is 0.253 e. The first-order chi connectivity index (χ1) is 9.88. The third-order valence-corrected chi connectivity index (χ3v) is 3.79. The van der Waals surface area contributed by atoms with E-state index in [0.717, 1.165) is 0 Å². The molecule has 2 rings (SSSR count). The number of nitrogens with one attached hydrogen (secondary N) is 1. The SMILES string of the molecule is Cc1ccc(C(C)NC(=O)c2cnc(Cl)c(Cl)c2)cc1F. The molecule has 2 aromatic rings. The van der Waals surface area contributed by atoms with Crippen molar-refractivity contribution in [3.05, 3.63) is 63.1 Å². The summed E-state index contributed by atoms with van der Waals surface area (Å²) in [5, 5.41) is 3.11. The maximum Gasteiger partial charge on any atom is 0.253 e. The summed E-state index contributed by atoms with van der Waals surface area (Å²) in [6.07, 6.45) is 1.34. The number of carbonyl (C=O) groups is 1. The van der Waals surface area contributed by atoms with Crippen LogP contribution in [0.15, 0.2) is 30.5 Å². The van der Waals surface area contributed by atoms with Gasteiger partial charge in [-0.05, 0) is 37.1 Å². The van der Waals surface area contributed by atoms with Crippen LogP contribution in [0, 0.1) is 12.7 Å². The van der Waals surface area contributed by atoms with Crippen molar-refractivity contribution < 1.29 is 9.18 Å². The Morgan fingerprint density at radius 2 is 2.05 bits per heavy atom. The van der Waals surface area contributed by atoms with Crippen LogP contribution in [0.1, 0.15) is 34.5 Å². The molecular formula is C15H13Cl2FN2O. The molecular weight excluding hydrogens is 314 g/mol. The largest absolute Gasteiger partial charge is 0.345 e. The molecule has 1 amide bonds. The molecule has 0 aliphatic heterocycles. The number of pyridine rings is 1. The number of aromatic nitrogens is 1. The van der Waals surface area contributed by atoms with Gasteiger partial charge in [-0.3, -0.25) is 4.79 Å². The van der Waals surface area contributed by atoms with Gasteiger partial charge in [-0.2, -0.15) is 0 Å². The second kappa shape index (κ2) is 6.41. The van der Waals surface area contributed by atoms with Gasteiger partial charge >= 0.3 is 0 Å². The fourth-order valence-corrected chi connectivity index (χ4v) is 2.06. The minimum Gasteiger partial charge on any atom is -0.345 e. The van der Waals surface area contributed by atoms with Crippen LogP contribution in [0.25, 0.3) is 0 Å². The summed E-state index contributed by atoms with van der Waals surface area (Å²) < 4.78 is 13.5. The fraction of sp³-hybridized carbons (Fsp3) is 0.200. The Bertz CT molecular complexity index is 691. The van der Waals surface area contributed by atoms with Gasteiger partial charge in [0.25, 0.3) is 5.91 Å². The Morgan fingerprint density at radius 1 is 1.33 bits per heavy atom. The van der Waals surface area contributed by atoms with Crippen LogP contribution in [-0.4, -0.2) is 10.9 Å². The molecule has 110 valence electrons. The van der Waals surface area contributed by atoms with Gasteiger partial charge in [0.05, 0.1) is 16.6 Å². The molecule has 0 saturated carbocycles. The molecule has 1 aromatic carbocycles. The molecule has 1 unspecified atom stereocenters. The number of amides is 1. The van der Waals surface area contributed by atoms with Gasteiger partial charge in [0.2, 0.25) is 0 Å². The molecule has 1 heterocycles. The first-order valence-electron chi connectivity index (χ1n) is 6.26. The lowest BCUT2D eigenvalue weighted by atomic mass is 10.1. The van der Waals surface area contributed by atoms with E-state index in [4.69, 9.17) is 23.2 Å². The van der Waals surface area contributed by atoms with E-state index in [0.29, 0.717) is 16.7 Å². The zero-order valence-corrected chi connectivity index (χ0v) is 13.0. The standard InChI is InChI=1S/C15H13Cl2FN2O/c1-8-3-4-10(6-13(8)18)9(2)20-15(21)11-5-12(16)14(17)19-7-11/h3-7,9H,1-2H3,(H,20,21). The number of carbonyl (C=O) groups excluding carboxylic acids is 1. The van der Waals surface area contributed by atoms with Crippen molar-refractivity contribution in [1.82, 2.24) is 10.3 Å². The van der Waals surface area contributed by atoms with Crippen molar-refractivity contribution in [2.75, 3.05) is 0 Å². The molecule has 0 radical (unpaired) electrons. The predicted octanol–water partition coefficient (Wildman–Crippen LogP) is 4.33. The van der Waals surface area contributed by atoms with Crippen LogP contribution >= 0.6 is 23.2 Å². The Balaban J connectivity index is 2.14. The number of nitrogens with zero attached hydrogens (tertiary/aromatic N) is 1. The van der Waals surface area contributed by atoms with Crippen molar-refractivity contribution in [2.45, 2.75) is 19.9 Å². The van der Waals surface area contributed by atoms with E-state index in [-0.39, 0.29) is 27.9 Å². The van der Waals surface area contributed by atoms with Gasteiger partial charge in [-0.1, -0.05) is 35.3 Å². The van der Waals surface area contributed by atoms with Crippen molar-refractivity contribution in [1.29, 1.82) is 0 Å². The molecule has 0 fully saturated rings. The monoisotopic (exact) mass is 326 g/mol. The summed E-state index contributed by atoms with van der Waals surface area (Å²) >= 11 is 11.5. The van der Waals surface area contributed by atoms with Crippen LogP contribution in [-0.2, 0) is 0 Å². The average Bonchev–Trinajstić information content (AvgIpc) is 2.44. The summed E-state index contributed by atoms with van der Waals surface area (Å²) in [6.45, 7) is 3.46. The van der Waals surface area contributed by atoms with Crippen molar-refractivity contribution in [2.24, 2.45) is 0 Å². The first-order valence-corrected chi connectivity index (χ1v) is 7.02. The first kappa shape index (κ1) is 15.7. The Kier molecular flexibility index (Phi) is 4.80. The van der Waals surface area contributed by atoms with Crippen molar-refractivity contribution in [3.8, 4) is 0 Å². The lowest BCUT2D eigenvalue weighted by Crippen LogP contribution is -2.26. The minimum absolute atomic E-state index is 0.141. The predicted molar refractivity (Wildman–Crippen MR) is 81.3 cm³/mol.